The number of hydrogen-bond acceptors (Lipinski definition) is 4. The second kappa shape index (κ2) is 6.03. The molecular formula is C18H22ClN3O2. The monoisotopic (exact) mass is 347 g/mol. The normalized spacial score (nSPS) is 29.1. The van der Waals surface area contributed by atoms with Crippen molar-refractivity contribution in [3.8, 4) is 0 Å². The van der Waals surface area contributed by atoms with E-state index in [4.69, 9.17) is 16.3 Å². The second-order valence-corrected chi connectivity index (χ2v) is 7.32. The first-order valence-electron chi connectivity index (χ1n) is 8.77. The zero-order chi connectivity index (χ0) is 16.8. The van der Waals surface area contributed by atoms with E-state index in [-0.39, 0.29) is 23.2 Å². The molecule has 6 heteroatoms. The van der Waals surface area contributed by atoms with Crippen LogP contribution in [0.15, 0.2) is 12.3 Å². The molecule has 3 fully saturated rings. The molecule has 5 nitrogen and oxygen atoms in total. The molecule has 2 aromatic rings. The van der Waals surface area contributed by atoms with Gasteiger partial charge in [-0.05, 0) is 69.0 Å². The van der Waals surface area contributed by atoms with Crippen LogP contribution in [0.4, 0.5) is 0 Å². The van der Waals surface area contributed by atoms with Crippen LogP contribution in [0, 0.1) is 24.7 Å². The van der Waals surface area contributed by atoms with Crippen LogP contribution in [-0.2, 0) is 9.53 Å². The highest BCUT2D eigenvalue weighted by atomic mass is 35.5. The number of carbonyl (C=O) groups excluding carboxylic acids is 1. The van der Waals surface area contributed by atoms with Crippen molar-refractivity contribution in [2.75, 3.05) is 6.61 Å². The maximum absolute atomic E-state index is 12.7. The van der Waals surface area contributed by atoms with E-state index in [9.17, 15) is 4.79 Å². The van der Waals surface area contributed by atoms with E-state index in [0.29, 0.717) is 18.4 Å². The number of hydrogen-bond donors (Lipinski definition) is 0. The van der Waals surface area contributed by atoms with Crippen molar-refractivity contribution in [3.63, 3.8) is 0 Å². The number of esters is 1. The fourth-order valence-corrected chi connectivity index (χ4v) is 4.99. The molecule has 0 radical (unpaired) electrons. The SMILES string of the molecule is CCOC(=O)[C@H]1C2CCC(CC2)[C@@H]1n1ccc2c(C)nc(Cl)nc21. The number of aromatic nitrogens is 3. The van der Waals surface area contributed by atoms with Crippen LogP contribution in [0.2, 0.25) is 5.28 Å². The Balaban J connectivity index is 1.82. The zero-order valence-corrected chi connectivity index (χ0v) is 14.8. The summed E-state index contributed by atoms with van der Waals surface area (Å²) in [6, 6.07) is 2.14. The Hall–Kier alpha value is -1.62. The topological polar surface area (TPSA) is 57.0 Å². The van der Waals surface area contributed by atoms with Gasteiger partial charge in [-0.1, -0.05) is 0 Å². The fraction of sp³-hybridized carbons (Fsp3) is 0.611. The van der Waals surface area contributed by atoms with Crippen LogP contribution in [0.1, 0.15) is 44.3 Å². The lowest BCUT2D eigenvalue weighted by atomic mass is 9.61. The molecule has 0 N–H and O–H groups in total. The molecule has 0 amide bonds. The number of rotatable bonds is 3. The van der Waals surface area contributed by atoms with Gasteiger partial charge in [-0.3, -0.25) is 4.79 Å². The third kappa shape index (κ3) is 2.41. The molecule has 5 rings (SSSR count). The van der Waals surface area contributed by atoms with Crippen LogP contribution in [-0.4, -0.2) is 27.1 Å². The Bertz CT molecular complexity index is 780. The van der Waals surface area contributed by atoms with Crippen LogP contribution < -0.4 is 0 Å². The van der Waals surface area contributed by atoms with Crippen LogP contribution >= 0.6 is 11.6 Å². The fourth-order valence-electron chi connectivity index (χ4n) is 4.78. The minimum Gasteiger partial charge on any atom is -0.466 e. The van der Waals surface area contributed by atoms with Gasteiger partial charge in [0.15, 0.2) is 0 Å². The molecule has 0 spiro atoms. The molecule has 2 aromatic heterocycles. The number of aryl methyl sites for hydroxylation is 1. The van der Waals surface area contributed by atoms with E-state index >= 15 is 0 Å². The zero-order valence-electron chi connectivity index (χ0n) is 14.0. The summed E-state index contributed by atoms with van der Waals surface area (Å²) < 4.78 is 7.57. The largest absolute Gasteiger partial charge is 0.466 e. The maximum Gasteiger partial charge on any atom is 0.311 e. The lowest BCUT2D eigenvalue weighted by Gasteiger charge is -2.47. The van der Waals surface area contributed by atoms with Crippen molar-refractivity contribution in [1.82, 2.24) is 14.5 Å². The molecule has 0 saturated heterocycles. The van der Waals surface area contributed by atoms with Gasteiger partial charge in [0.05, 0.1) is 24.3 Å². The molecule has 128 valence electrons. The van der Waals surface area contributed by atoms with Crippen molar-refractivity contribution in [1.29, 1.82) is 0 Å². The molecule has 0 aromatic carbocycles. The molecule has 2 heterocycles. The summed E-state index contributed by atoms with van der Waals surface area (Å²) in [5.41, 5.74) is 1.71. The highest BCUT2D eigenvalue weighted by molar-refractivity contribution is 6.28. The molecule has 3 aliphatic carbocycles. The Kier molecular flexibility index (Phi) is 3.99. The van der Waals surface area contributed by atoms with E-state index in [1.807, 2.05) is 26.1 Å². The minimum atomic E-state index is -0.0814. The lowest BCUT2D eigenvalue weighted by Crippen LogP contribution is -2.45. The van der Waals surface area contributed by atoms with E-state index < -0.39 is 0 Å². The number of halogens is 1. The molecule has 24 heavy (non-hydrogen) atoms. The Morgan fingerprint density at radius 1 is 1.29 bits per heavy atom. The lowest BCUT2D eigenvalue weighted by molar-refractivity contribution is -0.157. The van der Waals surface area contributed by atoms with E-state index in [1.54, 1.807) is 0 Å². The van der Waals surface area contributed by atoms with Gasteiger partial charge in [0, 0.05) is 11.6 Å². The third-order valence-corrected chi connectivity index (χ3v) is 5.96. The summed E-state index contributed by atoms with van der Waals surface area (Å²) in [7, 11) is 0. The first-order valence-corrected chi connectivity index (χ1v) is 9.15. The minimum absolute atomic E-state index is 0.0596. The predicted octanol–water partition coefficient (Wildman–Crippen LogP) is 3.93. The maximum atomic E-state index is 12.7. The van der Waals surface area contributed by atoms with Gasteiger partial charge in [0.1, 0.15) is 5.65 Å². The van der Waals surface area contributed by atoms with Gasteiger partial charge in [0.25, 0.3) is 0 Å². The highest BCUT2D eigenvalue weighted by Crippen LogP contribution is 2.52. The summed E-state index contributed by atoms with van der Waals surface area (Å²) >= 11 is 6.09. The summed E-state index contributed by atoms with van der Waals surface area (Å²) in [6.45, 7) is 4.24. The van der Waals surface area contributed by atoms with E-state index in [1.165, 1.54) is 12.8 Å². The average Bonchev–Trinajstić information content (AvgIpc) is 2.99. The van der Waals surface area contributed by atoms with Crippen molar-refractivity contribution >= 4 is 28.6 Å². The Morgan fingerprint density at radius 3 is 2.71 bits per heavy atom. The molecule has 0 unspecified atom stereocenters. The van der Waals surface area contributed by atoms with Crippen molar-refractivity contribution < 1.29 is 9.53 Å². The van der Waals surface area contributed by atoms with Crippen molar-refractivity contribution in [2.24, 2.45) is 17.8 Å². The first-order chi connectivity index (χ1) is 11.6. The highest BCUT2D eigenvalue weighted by Gasteiger charge is 2.49. The third-order valence-electron chi connectivity index (χ3n) is 5.79. The predicted molar refractivity (Wildman–Crippen MR) is 91.9 cm³/mol. The second-order valence-electron chi connectivity index (χ2n) is 6.98. The number of fused-ring (bicyclic) bond motifs is 4. The van der Waals surface area contributed by atoms with Gasteiger partial charge < -0.3 is 9.30 Å². The van der Waals surface area contributed by atoms with Crippen LogP contribution in [0.3, 0.4) is 0 Å². The molecule has 0 aliphatic heterocycles. The molecule has 3 saturated carbocycles. The summed E-state index contributed by atoms with van der Waals surface area (Å²) in [4.78, 5) is 21.4. The molecular weight excluding hydrogens is 326 g/mol. The Morgan fingerprint density at radius 2 is 2.00 bits per heavy atom. The quantitative estimate of drug-likeness (QED) is 0.623. The smallest absolute Gasteiger partial charge is 0.311 e. The van der Waals surface area contributed by atoms with Crippen LogP contribution in [0.5, 0.6) is 0 Å². The molecule has 2 bridgehead atoms. The number of carbonyl (C=O) groups is 1. The summed E-state index contributed by atoms with van der Waals surface area (Å²) in [5, 5.41) is 1.26. The standard InChI is InChI=1S/C18H22ClN3O2/c1-3-24-17(23)14-11-4-6-12(7-5-11)15(14)22-9-8-13-10(2)20-18(19)21-16(13)22/h8-9,11-12,14-15H,3-7H2,1-2H3/t11?,12?,14-,15-/m0/s1. The summed E-state index contributed by atoms with van der Waals surface area (Å²) in [5.74, 6) is 0.765. The van der Waals surface area contributed by atoms with Gasteiger partial charge in [0.2, 0.25) is 5.28 Å². The molecule has 3 aliphatic rings. The van der Waals surface area contributed by atoms with Gasteiger partial charge in [-0.15, -0.1) is 0 Å². The first kappa shape index (κ1) is 15.9. The number of ether oxygens (including phenoxy) is 1. The summed E-state index contributed by atoms with van der Waals surface area (Å²) in [6.07, 6.45) is 6.63. The van der Waals surface area contributed by atoms with E-state index in [2.05, 4.69) is 14.5 Å². The number of nitrogens with zero attached hydrogens (tertiary/aromatic N) is 3. The average molecular weight is 348 g/mol. The van der Waals surface area contributed by atoms with Crippen molar-refractivity contribution in [3.05, 3.63) is 23.2 Å². The van der Waals surface area contributed by atoms with Gasteiger partial charge in [-0.25, -0.2) is 4.98 Å². The Labute approximate surface area is 146 Å². The van der Waals surface area contributed by atoms with Crippen molar-refractivity contribution in [2.45, 2.75) is 45.6 Å². The van der Waals surface area contributed by atoms with Gasteiger partial charge >= 0.3 is 5.97 Å². The van der Waals surface area contributed by atoms with E-state index in [0.717, 1.165) is 29.6 Å². The van der Waals surface area contributed by atoms with Gasteiger partial charge in [-0.2, -0.15) is 4.98 Å². The van der Waals surface area contributed by atoms with Crippen LogP contribution in [0.25, 0.3) is 11.0 Å². The molecule has 2 atom stereocenters.